The lowest BCUT2D eigenvalue weighted by Crippen LogP contribution is -2.48. The van der Waals surface area contributed by atoms with E-state index in [1.807, 2.05) is 13.1 Å². The van der Waals surface area contributed by atoms with Crippen molar-refractivity contribution < 1.29 is 5.11 Å². The van der Waals surface area contributed by atoms with E-state index in [1.54, 1.807) is 0 Å². The first-order valence-electron chi connectivity index (χ1n) is 10.2. The second kappa shape index (κ2) is 11.0. The number of nitrogens with one attached hydrogen (secondary N) is 2. The summed E-state index contributed by atoms with van der Waals surface area (Å²) in [6.45, 7) is 9.90. The number of guanidine groups is 1. The van der Waals surface area contributed by atoms with E-state index >= 15 is 0 Å². The van der Waals surface area contributed by atoms with Crippen LogP contribution in [0.4, 0.5) is 0 Å². The zero-order valence-electron chi connectivity index (χ0n) is 17.3. The Labute approximate surface area is 186 Å². The van der Waals surface area contributed by atoms with Crippen LogP contribution in [0, 0.1) is 0 Å². The Morgan fingerprint density at radius 3 is 2.64 bits per heavy atom. The predicted molar refractivity (Wildman–Crippen MR) is 128 cm³/mol. The quantitative estimate of drug-likeness (QED) is 0.251. The molecule has 156 valence electrons. The van der Waals surface area contributed by atoms with E-state index in [0.29, 0.717) is 18.3 Å². The van der Waals surface area contributed by atoms with E-state index in [0.717, 1.165) is 56.8 Å². The van der Waals surface area contributed by atoms with Gasteiger partial charge in [-0.3, -0.25) is 9.89 Å². The van der Waals surface area contributed by atoms with E-state index in [4.69, 9.17) is 0 Å². The number of hydrogen-bond acceptors (Lipinski definition) is 3. The molecule has 0 unspecified atom stereocenters. The average Bonchev–Trinajstić information content (AvgIpc) is 2.67. The normalized spacial score (nSPS) is 18.1. The van der Waals surface area contributed by atoms with Gasteiger partial charge < -0.3 is 15.7 Å². The van der Waals surface area contributed by atoms with Gasteiger partial charge in [0.25, 0.3) is 0 Å². The minimum Gasteiger partial charge on any atom is -0.508 e. The van der Waals surface area contributed by atoms with Crippen molar-refractivity contribution in [3.05, 3.63) is 41.0 Å². The molecule has 0 spiro atoms. The fourth-order valence-corrected chi connectivity index (χ4v) is 4.27. The highest BCUT2D eigenvalue weighted by atomic mass is 127. The lowest BCUT2D eigenvalue weighted by atomic mass is 9.88. The van der Waals surface area contributed by atoms with Gasteiger partial charge >= 0.3 is 0 Å². The number of rotatable bonds is 5. The summed E-state index contributed by atoms with van der Waals surface area (Å²) in [4.78, 5) is 6.85. The summed E-state index contributed by atoms with van der Waals surface area (Å²) in [7, 11) is 1.81. The molecule has 1 aromatic rings. The van der Waals surface area contributed by atoms with Gasteiger partial charge in [-0.05, 0) is 62.6 Å². The summed E-state index contributed by atoms with van der Waals surface area (Å²) < 4.78 is 0. The molecule has 6 heteroatoms. The fraction of sp³-hybridized carbons (Fsp3) is 0.591. The Morgan fingerprint density at radius 1 is 1.25 bits per heavy atom. The number of fused-ring (bicyclic) bond motifs is 1. The van der Waals surface area contributed by atoms with Crippen LogP contribution in [0.15, 0.2) is 29.3 Å². The molecule has 0 bridgehead atoms. The van der Waals surface area contributed by atoms with Crippen molar-refractivity contribution in [3.8, 4) is 5.75 Å². The van der Waals surface area contributed by atoms with E-state index in [2.05, 4.69) is 40.1 Å². The molecule has 5 nitrogen and oxygen atoms in total. The van der Waals surface area contributed by atoms with Gasteiger partial charge in [0.05, 0.1) is 0 Å². The summed E-state index contributed by atoms with van der Waals surface area (Å²) in [6.07, 6.45) is 6.86. The number of benzene rings is 1. The van der Waals surface area contributed by atoms with Crippen LogP contribution in [-0.2, 0) is 19.4 Å². The third-order valence-electron chi connectivity index (χ3n) is 5.70. The number of aryl methyl sites for hydroxylation is 1. The standard InChI is InChI=1S/C22H34N4O.HI/c1-16(2)15-26-12-10-18(11-13-26)25-22(23-3)24-14-20-19-7-5-4-6-17(19)8-9-21(20)27;/h8-9,18,27H,1,4-7,10-15H2,2-3H3,(H2,23,24,25);1H. The lowest BCUT2D eigenvalue weighted by molar-refractivity contribution is 0.221. The van der Waals surface area contributed by atoms with Crippen LogP contribution in [0.5, 0.6) is 5.75 Å². The van der Waals surface area contributed by atoms with Crippen molar-refractivity contribution in [2.45, 2.75) is 58.0 Å². The molecule has 1 saturated heterocycles. The van der Waals surface area contributed by atoms with E-state index in [1.165, 1.54) is 29.5 Å². The highest BCUT2D eigenvalue weighted by Crippen LogP contribution is 2.30. The van der Waals surface area contributed by atoms with Crippen molar-refractivity contribution in [3.63, 3.8) is 0 Å². The monoisotopic (exact) mass is 498 g/mol. The molecule has 0 atom stereocenters. The van der Waals surface area contributed by atoms with E-state index in [-0.39, 0.29) is 24.0 Å². The van der Waals surface area contributed by atoms with Gasteiger partial charge in [-0.25, -0.2) is 0 Å². The zero-order valence-corrected chi connectivity index (χ0v) is 19.6. The van der Waals surface area contributed by atoms with Gasteiger partial charge in [0.2, 0.25) is 0 Å². The molecule has 0 amide bonds. The molecule has 2 aliphatic rings. The van der Waals surface area contributed by atoms with Gasteiger partial charge in [-0.15, -0.1) is 24.0 Å². The first-order valence-corrected chi connectivity index (χ1v) is 10.2. The Kier molecular flexibility index (Phi) is 9.08. The highest BCUT2D eigenvalue weighted by molar-refractivity contribution is 14.0. The van der Waals surface area contributed by atoms with Gasteiger partial charge in [-0.2, -0.15) is 0 Å². The minimum atomic E-state index is 0. The number of likely N-dealkylation sites (tertiary alicyclic amines) is 1. The average molecular weight is 498 g/mol. The van der Waals surface area contributed by atoms with E-state index in [9.17, 15) is 5.11 Å². The number of phenols is 1. The number of halogens is 1. The maximum atomic E-state index is 10.4. The second-order valence-corrected chi connectivity index (χ2v) is 7.99. The molecule has 0 saturated carbocycles. The number of hydrogen-bond donors (Lipinski definition) is 3. The number of nitrogens with zero attached hydrogens (tertiary/aromatic N) is 2. The van der Waals surface area contributed by atoms with Gasteiger partial charge in [0, 0.05) is 44.8 Å². The number of piperidine rings is 1. The number of aromatic hydroxyl groups is 1. The summed E-state index contributed by atoms with van der Waals surface area (Å²) in [6, 6.07) is 4.37. The third-order valence-corrected chi connectivity index (χ3v) is 5.70. The molecule has 3 N–H and O–H groups in total. The van der Waals surface area contributed by atoms with Crippen LogP contribution in [0.2, 0.25) is 0 Å². The Bertz CT molecular complexity index is 696. The van der Waals surface area contributed by atoms with Crippen LogP contribution in [-0.4, -0.2) is 48.7 Å². The zero-order chi connectivity index (χ0) is 19.2. The van der Waals surface area contributed by atoms with Crippen molar-refractivity contribution in [2.24, 2.45) is 4.99 Å². The highest BCUT2D eigenvalue weighted by Gasteiger charge is 2.20. The molecule has 1 aliphatic carbocycles. The molecular formula is C22H35IN4O. The van der Waals surface area contributed by atoms with Gasteiger partial charge in [0.1, 0.15) is 5.75 Å². The molecule has 1 fully saturated rings. The van der Waals surface area contributed by atoms with Crippen molar-refractivity contribution in [1.82, 2.24) is 15.5 Å². The lowest BCUT2D eigenvalue weighted by Gasteiger charge is -2.33. The molecular weight excluding hydrogens is 463 g/mol. The number of phenolic OH excluding ortho intramolecular Hbond substituents is 1. The summed E-state index contributed by atoms with van der Waals surface area (Å²) in [5, 5.41) is 17.3. The molecule has 1 aliphatic heterocycles. The molecule has 28 heavy (non-hydrogen) atoms. The minimum absolute atomic E-state index is 0. The van der Waals surface area contributed by atoms with Crippen molar-refractivity contribution in [2.75, 3.05) is 26.7 Å². The third kappa shape index (κ3) is 6.11. The Balaban J connectivity index is 0.00000280. The summed E-state index contributed by atoms with van der Waals surface area (Å²) >= 11 is 0. The largest absolute Gasteiger partial charge is 0.508 e. The van der Waals surface area contributed by atoms with Crippen LogP contribution in [0.3, 0.4) is 0 Å². The first-order chi connectivity index (χ1) is 13.1. The summed E-state index contributed by atoms with van der Waals surface area (Å²) in [5.41, 5.74) is 4.98. The maximum absolute atomic E-state index is 10.4. The Hall–Kier alpha value is -1.28. The van der Waals surface area contributed by atoms with Crippen LogP contribution in [0.1, 0.15) is 49.3 Å². The smallest absolute Gasteiger partial charge is 0.191 e. The molecule has 1 heterocycles. The number of aliphatic imine (C=N–C) groups is 1. The molecule has 0 radical (unpaired) electrons. The topological polar surface area (TPSA) is 59.9 Å². The van der Waals surface area contributed by atoms with Gasteiger partial charge in [0.15, 0.2) is 5.96 Å². The summed E-state index contributed by atoms with van der Waals surface area (Å²) in [5.74, 6) is 1.22. The first kappa shape index (κ1) is 23.0. The fourth-order valence-electron chi connectivity index (χ4n) is 4.27. The second-order valence-electron chi connectivity index (χ2n) is 7.99. The van der Waals surface area contributed by atoms with E-state index < -0.39 is 0 Å². The van der Waals surface area contributed by atoms with Crippen LogP contribution in [0.25, 0.3) is 0 Å². The van der Waals surface area contributed by atoms with Crippen molar-refractivity contribution in [1.29, 1.82) is 0 Å². The molecule has 1 aromatic carbocycles. The molecule has 0 aromatic heterocycles. The van der Waals surface area contributed by atoms with Crippen LogP contribution >= 0.6 is 24.0 Å². The van der Waals surface area contributed by atoms with Crippen LogP contribution < -0.4 is 10.6 Å². The van der Waals surface area contributed by atoms with Crippen molar-refractivity contribution >= 4 is 29.9 Å². The van der Waals surface area contributed by atoms with Gasteiger partial charge in [-0.1, -0.05) is 18.2 Å². The molecule has 3 rings (SSSR count). The maximum Gasteiger partial charge on any atom is 0.191 e. The SMILES string of the molecule is C=C(C)CN1CCC(NC(=NC)NCc2c(O)ccc3c2CCCC3)CC1.I. The predicted octanol–water partition coefficient (Wildman–Crippen LogP) is 3.59. The Morgan fingerprint density at radius 2 is 1.96 bits per heavy atom.